The maximum atomic E-state index is 11.3. The van der Waals surface area contributed by atoms with Crippen molar-refractivity contribution in [3.8, 4) is 5.75 Å². The van der Waals surface area contributed by atoms with Crippen LogP contribution >= 0.6 is 0 Å². The van der Waals surface area contributed by atoms with Crippen LogP contribution in [0.15, 0.2) is 36.5 Å². The smallest absolute Gasteiger partial charge is 0.317 e. The average Bonchev–Trinajstić information content (AvgIpc) is 2.68. The number of benzene rings is 1. The zero-order valence-electron chi connectivity index (χ0n) is 9.24. The molecule has 0 aliphatic rings. The average molecular weight is 232 g/mol. The summed E-state index contributed by atoms with van der Waals surface area (Å²) in [6.07, 6.45) is 1.56. The highest BCUT2D eigenvalue weighted by atomic mass is 16.4. The number of phenolic OH excluding ortho intramolecular Hbond substituents is 1. The van der Waals surface area contributed by atoms with Gasteiger partial charge in [0, 0.05) is 13.2 Å². The van der Waals surface area contributed by atoms with Gasteiger partial charge in [-0.3, -0.25) is 9.48 Å². The highest BCUT2D eigenvalue weighted by molar-refractivity contribution is 5.79. The number of phenols is 1. The molecule has 0 fully saturated rings. The molecule has 0 bridgehead atoms. The molecule has 2 aromatic rings. The van der Waals surface area contributed by atoms with Gasteiger partial charge in [0.1, 0.15) is 11.7 Å². The molecule has 0 amide bonds. The number of nitrogens with zero attached hydrogens (tertiary/aromatic N) is 2. The molecule has 2 rings (SSSR count). The standard InChI is InChI=1S/C12H12N2O3/c1-14-10(6-7-13-14)11(12(16)17)8-2-4-9(15)5-3-8/h2-7,11,15H,1H3,(H,16,17). The second-order valence-corrected chi connectivity index (χ2v) is 3.74. The molecule has 0 saturated heterocycles. The number of aliphatic carboxylic acids is 1. The molecule has 5 nitrogen and oxygen atoms in total. The summed E-state index contributed by atoms with van der Waals surface area (Å²) in [4.78, 5) is 11.3. The number of carboxylic acids is 1. The molecule has 17 heavy (non-hydrogen) atoms. The molecule has 0 aliphatic carbocycles. The fourth-order valence-corrected chi connectivity index (χ4v) is 1.77. The Hall–Kier alpha value is -2.30. The summed E-state index contributed by atoms with van der Waals surface area (Å²) in [5, 5.41) is 22.5. The minimum atomic E-state index is -0.945. The zero-order chi connectivity index (χ0) is 12.4. The molecule has 88 valence electrons. The normalized spacial score (nSPS) is 12.3. The van der Waals surface area contributed by atoms with E-state index in [4.69, 9.17) is 0 Å². The first-order chi connectivity index (χ1) is 8.09. The number of aromatic nitrogens is 2. The van der Waals surface area contributed by atoms with Crippen LogP contribution in [0.1, 0.15) is 17.2 Å². The topological polar surface area (TPSA) is 75.4 Å². The molecule has 2 N–H and O–H groups in total. The lowest BCUT2D eigenvalue weighted by Crippen LogP contribution is -2.16. The van der Waals surface area contributed by atoms with E-state index in [2.05, 4.69) is 5.10 Å². The van der Waals surface area contributed by atoms with Crippen LogP contribution in [0, 0.1) is 0 Å². The van der Waals surface area contributed by atoms with Crippen molar-refractivity contribution in [3.05, 3.63) is 47.8 Å². The number of aryl methyl sites for hydroxylation is 1. The maximum Gasteiger partial charge on any atom is 0.317 e. The number of hydrogen-bond acceptors (Lipinski definition) is 3. The number of carboxylic acid groups (broad SMARTS) is 1. The predicted octanol–water partition coefficient (Wildman–Crippen LogP) is 1.34. The third-order valence-corrected chi connectivity index (χ3v) is 2.63. The van der Waals surface area contributed by atoms with Crippen LogP contribution in [0.4, 0.5) is 0 Å². The van der Waals surface area contributed by atoms with Crippen molar-refractivity contribution in [2.45, 2.75) is 5.92 Å². The van der Waals surface area contributed by atoms with Gasteiger partial charge in [0.25, 0.3) is 0 Å². The summed E-state index contributed by atoms with van der Waals surface area (Å²) < 4.78 is 1.53. The molecule has 0 aliphatic heterocycles. The number of carbonyl (C=O) groups is 1. The first kappa shape index (κ1) is 11.2. The van der Waals surface area contributed by atoms with E-state index < -0.39 is 11.9 Å². The lowest BCUT2D eigenvalue weighted by molar-refractivity contribution is -0.137. The molecule has 0 saturated carbocycles. The van der Waals surface area contributed by atoms with Crippen LogP contribution in [0.25, 0.3) is 0 Å². The number of rotatable bonds is 3. The summed E-state index contributed by atoms with van der Waals surface area (Å²) in [7, 11) is 1.70. The van der Waals surface area contributed by atoms with Crippen LogP contribution in [-0.4, -0.2) is 26.0 Å². The summed E-state index contributed by atoms with van der Waals surface area (Å²) >= 11 is 0. The first-order valence-corrected chi connectivity index (χ1v) is 5.09. The van der Waals surface area contributed by atoms with Gasteiger partial charge in [0.15, 0.2) is 0 Å². The Bertz CT molecular complexity index is 531. The van der Waals surface area contributed by atoms with E-state index in [1.54, 1.807) is 31.4 Å². The van der Waals surface area contributed by atoms with Crippen molar-refractivity contribution in [2.24, 2.45) is 7.05 Å². The van der Waals surface area contributed by atoms with Gasteiger partial charge in [-0.25, -0.2) is 0 Å². The van der Waals surface area contributed by atoms with Crippen molar-refractivity contribution in [1.82, 2.24) is 9.78 Å². The maximum absolute atomic E-state index is 11.3. The quantitative estimate of drug-likeness (QED) is 0.837. The highest BCUT2D eigenvalue weighted by Gasteiger charge is 2.24. The van der Waals surface area contributed by atoms with E-state index >= 15 is 0 Å². The first-order valence-electron chi connectivity index (χ1n) is 5.09. The molecule has 1 atom stereocenters. The predicted molar refractivity (Wildman–Crippen MR) is 60.8 cm³/mol. The van der Waals surface area contributed by atoms with Gasteiger partial charge in [0.2, 0.25) is 0 Å². The van der Waals surface area contributed by atoms with E-state index in [9.17, 15) is 15.0 Å². The Morgan fingerprint density at radius 3 is 2.41 bits per heavy atom. The van der Waals surface area contributed by atoms with Crippen molar-refractivity contribution in [3.63, 3.8) is 0 Å². The molecular formula is C12H12N2O3. The minimum Gasteiger partial charge on any atom is -0.508 e. The van der Waals surface area contributed by atoms with Crippen LogP contribution < -0.4 is 0 Å². The molecular weight excluding hydrogens is 220 g/mol. The third kappa shape index (κ3) is 2.13. The fourth-order valence-electron chi connectivity index (χ4n) is 1.77. The molecule has 1 unspecified atom stereocenters. The Balaban J connectivity index is 2.47. The summed E-state index contributed by atoms with van der Waals surface area (Å²) in [5.41, 5.74) is 1.21. The largest absolute Gasteiger partial charge is 0.508 e. The Morgan fingerprint density at radius 2 is 1.94 bits per heavy atom. The monoisotopic (exact) mass is 232 g/mol. The fraction of sp³-hybridized carbons (Fsp3) is 0.167. The molecule has 0 radical (unpaired) electrons. The lowest BCUT2D eigenvalue weighted by atomic mass is 9.96. The molecule has 1 aromatic carbocycles. The Morgan fingerprint density at radius 1 is 1.29 bits per heavy atom. The third-order valence-electron chi connectivity index (χ3n) is 2.63. The van der Waals surface area contributed by atoms with Crippen molar-refractivity contribution in [1.29, 1.82) is 0 Å². The highest BCUT2D eigenvalue weighted by Crippen LogP contribution is 2.25. The van der Waals surface area contributed by atoms with Crippen LogP contribution in [0.2, 0.25) is 0 Å². The number of aromatic hydroxyl groups is 1. The Labute approximate surface area is 97.9 Å². The SMILES string of the molecule is Cn1nccc1C(C(=O)O)c1ccc(O)cc1. The van der Waals surface area contributed by atoms with E-state index in [1.807, 2.05) is 0 Å². The lowest BCUT2D eigenvalue weighted by Gasteiger charge is -2.13. The van der Waals surface area contributed by atoms with Gasteiger partial charge in [-0.2, -0.15) is 5.10 Å². The van der Waals surface area contributed by atoms with Crippen LogP contribution in [0.3, 0.4) is 0 Å². The van der Waals surface area contributed by atoms with E-state index in [0.29, 0.717) is 11.3 Å². The summed E-state index contributed by atoms with van der Waals surface area (Å²) in [6.45, 7) is 0. The summed E-state index contributed by atoms with van der Waals surface area (Å²) in [6, 6.07) is 7.82. The second-order valence-electron chi connectivity index (χ2n) is 3.74. The van der Waals surface area contributed by atoms with E-state index in [1.165, 1.54) is 16.8 Å². The molecule has 0 spiro atoms. The zero-order valence-corrected chi connectivity index (χ0v) is 9.24. The van der Waals surface area contributed by atoms with E-state index in [-0.39, 0.29) is 5.75 Å². The second kappa shape index (κ2) is 4.29. The van der Waals surface area contributed by atoms with E-state index in [0.717, 1.165) is 0 Å². The molecule has 1 heterocycles. The van der Waals surface area contributed by atoms with Crippen molar-refractivity contribution in [2.75, 3.05) is 0 Å². The van der Waals surface area contributed by atoms with Gasteiger partial charge in [-0.1, -0.05) is 12.1 Å². The van der Waals surface area contributed by atoms with Crippen LogP contribution in [-0.2, 0) is 11.8 Å². The molecule has 5 heteroatoms. The van der Waals surface area contributed by atoms with Gasteiger partial charge >= 0.3 is 5.97 Å². The van der Waals surface area contributed by atoms with Gasteiger partial charge in [-0.15, -0.1) is 0 Å². The van der Waals surface area contributed by atoms with Crippen molar-refractivity contribution >= 4 is 5.97 Å². The van der Waals surface area contributed by atoms with Crippen molar-refractivity contribution < 1.29 is 15.0 Å². The van der Waals surface area contributed by atoms with Crippen LogP contribution in [0.5, 0.6) is 5.75 Å². The molecule has 1 aromatic heterocycles. The minimum absolute atomic E-state index is 0.114. The van der Waals surface area contributed by atoms with Gasteiger partial charge < -0.3 is 10.2 Å². The van der Waals surface area contributed by atoms with Gasteiger partial charge in [0.05, 0.1) is 5.69 Å². The number of hydrogen-bond donors (Lipinski definition) is 2. The Kier molecular flexibility index (Phi) is 2.82. The van der Waals surface area contributed by atoms with Gasteiger partial charge in [-0.05, 0) is 23.8 Å². The summed E-state index contributed by atoms with van der Waals surface area (Å²) in [5.74, 6) is -1.61.